The highest BCUT2D eigenvalue weighted by Gasteiger charge is 1.94. The third-order valence-corrected chi connectivity index (χ3v) is 1.63. The monoisotopic (exact) mass is 121 g/mol. The Morgan fingerprint density at radius 2 is 2.17 bits per heavy atom. The molecule has 0 bridgehead atoms. The highest BCUT2D eigenvalue weighted by Crippen LogP contribution is 2.15. The van der Waals surface area contributed by atoms with Crippen molar-refractivity contribution < 1.29 is 4.79 Å². The predicted molar refractivity (Wildman–Crippen MR) is 27.7 cm³/mol. The number of carbonyl (C=O) groups excluding carboxylic acids is 1. The molecule has 0 aliphatic carbocycles. The van der Waals surface area contributed by atoms with Crippen LogP contribution in [0.1, 0.15) is 6.92 Å². The van der Waals surface area contributed by atoms with Crippen molar-refractivity contribution in [3.8, 4) is 0 Å². The fourth-order valence-corrected chi connectivity index (χ4v) is 0. The minimum absolute atomic E-state index is 0.194. The largest absolute Gasteiger partial charge is 0.459 e. The lowest BCUT2D eigenvalue weighted by atomic mass is 10.9. The van der Waals surface area contributed by atoms with E-state index in [0.717, 1.165) is 0 Å². The molecule has 34 valence electrons. The average Bonchev–Trinajstić information content (AvgIpc) is 1.36. The van der Waals surface area contributed by atoms with Gasteiger partial charge in [0.05, 0.1) is 0 Å². The molecule has 0 spiro atoms. The normalized spacial score (nSPS) is 10.7. The minimum Gasteiger partial charge on any atom is -0.459 e. The zero-order valence-corrected chi connectivity index (χ0v) is 4.97. The van der Waals surface area contributed by atoms with E-state index in [1.165, 1.54) is 6.92 Å². The summed E-state index contributed by atoms with van der Waals surface area (Å²) in [5.74, 6) is 0. The van der Waals surface area contributed by atoms with Gasteiger partial charge in [0.25, 0.3) is 0 Å². The molecule has 0 fully saturated rings. The molecule has 4 heteroatoms. The van der Waals surface area contributed by atoms with Crippen molar-refractivity contribution in [2.75, 3.05) is 0 Å². The molecule has 0 saturated carbocycles. The molecule has 6 heavy (non-hydrogen) atoms. The second-order valence-corrected chi connectivity index (χ2v) is 3.13. The summed E-state index contributed by atoms with van der Waals surface area (Å²) in [6.07, 6.45) is 0. The lowest BCUT2D eigenvalue weighted by molar-refractivity contribution is -0.109. The maximum absolute atomic E-state index is 9.88. The Morgan fingerprint density at radius 3 is 2.17 bits per heavy atom. The Kier molecular flexibility index (Phi) is 2.37. The highest BCUT2D eigenvalue weighted by molar-refractivity contribution is 8.34. The number of hydrogen-bond donors (Lipinski definition) is 1. The second kappa shape index (κ2) is 2.32. The van der Waals surface area contributed by atoms with Gasteiger partial charge in [0, 0.05) is 6.92 Å². The van der Waals surface area contributed by atoms with Crippen molar-refractivity contribution in [2.24, 2.45) is 0 Å². The summed E-state index contributed by atoms with van der Waals surface area (Å²) in [6.45, 7) is -0.126. The van der Waals surface area contributed by atoms with Crippen molar-refractivity contribution in [1.29, 1.82) is 5.16 Å². The van der Waals surface area contributed by atoms with Gasteiger partial charge in [-0.1, -0.05) is 0 Å². The van der Waals surface area contributed by atoms with Crippen LogP contribution < -0.4 is 0 Å². The van der Waals surface area contributed by atoms with Crippen LogP contribution in [0.4, 0.5) is 0 Å². The molecular weight excluding hydrogens is 117 g/mol. The Bertz CT molecular complexity index is 79.5. The summed E-state index contributed by atoms with van der Waals surface area (Å²) >= 11 is 4.28. The smallest absolute Gasteiger partial charge is 0.318 e. The summed E-state index contributed by atoms with van der Waals surface area (Å²) in [6, 6.07) is 0. The van der Waals surface area contributed by atoms with Gasteiger partial charge in [-0.05, 0) is 0 Å². The van der Waals surface area contributed by atoms with Gasteiger partial charge in [0.1, 0.15) is 6.92 Å². The molecule has 1 N–H and O–H groups in total. The zero-order valence-electron chi connectivity index (χ0n) is 3.26. The summed E-state index contributed by atoms with van der Waals surface area (Å²) in [5, 5.41) is 6.56. The predicted octanol–water partition coefficient (Wildman–Crippen LogP) is 1.24. The number of carbonyl (C=O) groups is 1. The molecule has 0 amide bonds. The first-order chi connectivity index (χ1) is 2.64. The lowest BCUT2D eigenvalue weighted by Gasteiger charge is -1.77. The van der Waals surface area contributed by atoms with Gasteiger partial charge >= 0.3 is 5.52 Å². The summed E-state index contributed by atoms with van der Waals surface area (Å²) in [4.78, 5) is 9.88. The van der Waals surface area contributed by atoms with Crippen molar-refractivity contribution in [2.45, 2.75) is 6.92 Å². The topological polar surface area (TPSA) is 40.9 Å². The maximum atomic E-state index is 9.88. The summed E-state index contributed by atoms with van der Waals surface area (Å²) in [7, 11) is 0. The van der Waals surface area contributed by atoms with E-state index in [0.29, 0.717) is 0 Å². The molecular formula is C2H4NOPS. The van der Waals surface area contributed by atoms with Gasteiger partial charge < -0.3 is 12.2 Å². The van der Waals surface area contributed by atoms with E-state index in [-0.39, 0.29) is 5.52 Å². The average molecular weight is 121 g/mol. The molecule has 0 aromatic carbocycles. The van der Waals surface area contributed by atoms with Crippen LogP contribution in [0, 0.1) is 5.16 Å². The number of rotatable bonds is 1. The molecule has 0 aromatic heterocycles. The molecule has 0 heterocycles. The molecule has 0 aliphatic rings. The van der Waals surface area contributed by atoms with Crippen molar-refractivity contribution >= 4 is 24.7 Å². The minimum atomic E-state index is -1.47. The van der Waals surface area contributed by atoms with Crippen molar-refractivity contribution in [3.05, 3.63) is 0 Å². The first-order valence-electron chi connectivity index (χ1n) is 1.33. The van der Waals surface area contributed by atoms with Crippen molar-refractivity contribution in [1.82, 2.24) is 0 Å². The molecule has 1 atom stereocenters. The maximum Gasteiger partial charge on any atom is 0.318 e. The van der Waals surface area contributed by atoms with Crippen LogP contribution in [0.2, 0.25) is 0 Å². The number of hydrogen-bond acceptors (Lipinski definition) is 3. The first-order valence-corrected chi connectivity index (χ1v) is 3.69. The van der Waals surface area contributed by atoms with E-state index in [9.17, 15) is 4.79 Å². The first kappa shape index (κ1) is 6.12. The fourth-order valence-electron chi connectivity index (χ4n) is 0. The van der Waals surface area contributed by atoms with E-state index in [4.69, 9.17) is 5.16 Å². The van der Waals surface area contributed by atoms with E-state index in [1.54, 1.807) is 0 Å². The summed E-state index contributed by atoms with van der Waals surface area (Å²) < 4.78 is 0. The summed E-state index contributed by atoms with van der Waals surface area (Å²) in [5.41, 5.74) is -0.194. The molecule has 1 unspecified atom stereocenters. The Hall–Kier alpha value is 0.120. The van der Waals surface area contributed by atoms with Crippen LogP contribution >= 0.6 is 6.92 Å². The molecule has 2 nitrogen and oxygen atoms in total. The molecule has 0 radical (unpaired) electrons. The van der Waals surface area contributed by atoms with Gasteiger partial charge in [0.2, 0.25) is 0 Å². The van der Waals surface area contributed by atoms with Gasteiger partial charge in [-0.3, -0.25) is 0 Å². The van der Waals surface area contributed by atoms with E-state index in [2.05, 4.69) is 12.2 Å². The van der Waals surface area contributed by atoms with Gasteiger partial charge in [-0.2, -0.15) is 0 Å². The molecule has 0 aliphatic heterocycles. The lowest BCUT2D eigenvalue weighted by Crippen LogP contribution is -1.72. The number of nitrogens with one attached hydrogen (secondary N) is 1. The van der Waals surface area contributed by atoms with Crippen LogP contribution in [0.3, 0.4) is 0 Å². The third kappa shape index (κ3) is 2.36. The Balaban J connectivity index is 3.57. The van der Waals surface area contributed by atoms with Crippen molar-refractivity contribution in [3.63, 3.8) is 0 Å². The van der Waals surface area contributed by atoms with Crippen LogP contribution in [0.25, 0.3) is 0 Å². The standard InChI is InChI=1S/C2H4NOPS/c1-2(4)5(3)6/h3H,1H3. The molecule has 0 saturated heterocycles. The van der Waals surface area contributed by atoms with E-state index in [1.807, 2.05) is 0 Å². The van der Waals surface area contributed by atoms with Crippen LogP contribution in [0.5, 0.6) is 0 Å². The van der Waals surface area contributed by atoms with Crippen LogP contribution in [-0.2, 0) is 17.0 Å². The SMILES string of the molecule is CC(=O)[P+](=N)[S-]. The highest BCUT2D eigenvalue weighted by atomic mass is 32.7. The second-order valence-electron chi connectivity index (χ2n) is 0.813. The van der Waals surface area contributed by atoms with E-state index >= 15 is 0 Å². The van der Waals surface area contributed by atoms with Gasteiger partial charge in [0.15, 0.2) is 0 Å². The quantitative estimate of drug-likeness (QED) is 0.418. The van der Waals surface area contributed by atoms with E-state index < -0.39 is 6.92 Å². The molecule has 0 aromatic rings. The third-order valence-electron chi connectivity index (χ3n) is 0.286. The van der Waals surface area contributed by atoms with Crippen LogP contribution in [-0.4, -0.2) is 5.52 Å². The zero-order chi connectivity index (χ0) is 5.15. The Morgan fingerprint density at radius 1 is 2.00 bits per heavy atom. The fraction of sp³-hybridized carbons (Fsp3) is 0.500. The van der Waals surface area contributed by atoms with Gasteiger partial charge in [-0.15, -0.1) is 5.16 Å². The Labute approximate surface area is 42.4 Å². The van der Waals surface area contributed by atoms with Gasteiger partial charge in [-0.25, -0.2) is 4.79 Å². The molecule has 0 rings (SSSR count). The van der Waals surface area contributed by atoms with Crippen LogP contribution in [0.15, 0.2) is 0 Å².